The van der Waals surface area contributed by atoms with Gasteiger partial charge in [-0.3, -0.25) is 0 Å². The number of fused-ring (bicyclic) bond motifs is 1. The second kappa shape index (κ2) is 3.62. The summed E-state index contributed by atoms with van der Waals surface area (Å²) in [4.78, 5) is 0. The van der Waals surface area contributed by atoms with E-state index in [0.717, 1.165) is 16.2 Å². The van der Waals surface area contributed by atoms with E-state index in [4.69, 9.17) is 13.7 Å². The first-order chi connectivity index (χ1) is 8.39. The topological polar surface area (TPSA) is 31.6 Å². The molecule has 2 aromatic rings. The van der Waals surface area contributed by atoms with Gasteiger partial charge < -0.3 is 13.7 Å². The van der Waals surface area contributed by atoms with Gasteiger partial charge in [-0.1, -0.05) is 18.2 Å². The highest BCUT2D eigenvalue weighted by Gasteiger charge is 2.51. The molecule has 3 nitrogen and oxygen atoms in total. The van der Waals surface area contributed by atoms with Crippen molar-refractivity contribution in [3.05, 3.63) is 30.7 Å². The maximum absolute atomic E-state index is 6.02. The summed E-state index contributed by atoms with van der Waals surface area (Å²) in [5.41, 5.74) is 0.425. The average molecular weight is 244 g/mol. The van der Waals surface area contributed by atoms with Gasteiger partial charge in [0.25, 0.3) is 0 Å². The molecule has 18 heavy (non-hydrogen) atoms. The van der Waals surface area contributed by atoms with Crippen LogP contribution in [0.15, 0.2) is 35.1 Å². The fourth-order valence-corrected chi connectivity index (χ4v) is 2.11. The Labute approximate surface area is 107 Å². The highest BCUT2D eigenvalue weighted by molar-refractivity contribution is 6.62. The van der Waals surface area contributed by atoms with Crippen LogP contribution in [-0.4, -0.2) is 18.3 Å². The molecular weight excluding hydrogens is 227 g/mol. The van der Waals surface area contributed by atoms with E-state index in [1.54, 1.807) is 12.5 Å². The van der Waals surface area contributed by atoms with Crippen molar-refractivity contribution >= 4 is 23.4 Å². The molecular formula is C14H17BO3. The van der Waals surface area contributed by atoms with Gasteiger partial charge >= 0.3 is 7.12 Å². The quantitative estimate of drug-likeness (QED) is 0.723. The van der Waals surface area contributed by atoms with E-state index < -0.39 is 0 Å². The zero-order valence-electron chi connectivity index (χ0n) is 11.2. The van der Waals surface area contributed by atoms with Crippen LogP contribution in [0.2, 0.25) is 0 Å². The van der Waals surface area contributed by atoms with Crippen LogP contribution in [0.3, 0.4) is 0 Å². The summed E-state index contributed by atoms with van der Waals surface area (Å²) in [6.07, 6.45) is 3.48. The van der Waals surface area contributed by atoms with E-state index in [0.29, 0.717) is 0 Å². The van der Waals surface area contributed by atoms with Gasteiger partial charge in [0.2, 0.25) is 0 Å². The Kier molecular flexibility index (Phi) is 2.38. The summed E-state index contributed by atoms with van der Waals surface area (Å²) < 4.78 is 17.2. The van der Waals surface area contributed by atoms with Crippen LogP contribution in [0, 0.1) is 0 Å². The minimum Gasteiger partial charge on any atom is -0.471 e. The third-order valence-electron chi connectivity index (χ3n) is 4.03. The molecule has 0 spiro atoms. The lowest BCUT2D eigenvalue weighted by atomic mass is 9.78. The maximum Gasteiger partial charge on any atom is 0.494 e. The molecule has 0 bridgehead atoms. The first-order valence-corrected chi connectivity index (χ1v) is 6.21. The van der Waals surface area contributed by atoms with Crippen LogP contribution in [0.25, 0.3) is 10.8 Å². The summed E-state index contributed by atoms with van der Waals surface area (Å²) in [6, 6.07) is 6.11. The van der Waals surface area contributed by atoms with E-state index in [1.807, 2.05) is 12.1 Å². The van der Waals surface area contributed by atoms with Crippen molar-refractivity contribution in [1.82, 2.24) is 0 Å². The first-order valence-electron chi connectivity index (χ1n) is 6.21. The van der Waals surface area contributed by atoms with Gasteiger partial charge in [0.05, 0.1) is 23.7 Å². The molecule has 0 amide bonds. The number of hydrogen-bond acceptors (Lipinski definition) is 3. The third-order valence-corrected chi connectivity index (χ3v) is 4.03. The molecule has 0 radical (unpaired) electrons. The normalized spacial score (nSPS) is 21.7. The van der Waals surface area contributed by atoms with Gasteiger partial charge in [0.15, 0.2) is 0 Å². The molecule has 0 N–H and O–H groups in total. The lowest BCUT2D eigenvalue weighted by Crippen LogP contribution is -2.41. The monoisotopic (exact) mass is 244 g/mol. The van der Waals surface area contributed by atoms with Gasteiger partial charge in [0, 0.05) is 10.8 Å². The smallest absolute Gasteiger partial charge is 0.471 e. The molecule has 1 aliphatic heterocycles. The maximum atomic E-state index is 6.02. The molecule has 0 unspecified atom stereocenters. The van der Waals surface area contributed by atoms with Crippen LogP contribution < -0.4 is 5.46 Å². The van der Waals surface area contributed by atoms with Crippen LogP contribution in [-0.2, 0) is 9.31 Å². The second-order valence-corrected chi connectivity index (χ2v) is 5.85. The highest BCUT2D eigenvalue weighted by Crippen LogP contribution is 2.36. The first kappa shape index (κ1) is 11.8. The Morgan fingerprint density at radius 1 is 0.889 bits per heavy atom. The lowest BCUT2D eigenvalue weighted by Gasteiger charge is -2.32. The van der Waals surface area contributed by atoms with Crippen LogP contribution in [0.4, 0.5) is 0 Å². The van der Waals surface area contributed by atoms with E-state index in [9.17, 15) is 0 Å². The van der Waals surface area contributed by atoms with E-state index >= 15 is 0 Å². The molecule has 1 aromatic heterocycles. The molecule has 0 saturated carbocycles. The molecule has 94 valence electrons. The zero-order chi connectivity index (χ0) is 13.0. The molecule has 1 fully saturated rings. The minimum atomic E-state index is -0.311. The van der Waals surface area contributed by atoms with Crippen LogP contribution >= 0.6 is 0 Å². The Morgan fingerprint density at radius 2 is 1.50 bits per heavy atom. The van der Waals surface area contributed by atoms with E-state index in [-0.39, 0.29) is 18.3 Å². The Bertz CT molecular complexity index is 569. The molecule has 4 heteroatoms. The SMILES string of the molecule is CC1(C)OB(c2ccc3cocc3c2)OC1(C)C. The van der Waals surface area contributed by atoms with Crippen molar-refractivity contribution < 1.29 is 13.7 Å². The average Bonchev–Trinajstić information content (AvgIpc) is 2.80. The standard InChI is InChI=1S/C14H17BO3/c1-13(2)14(3,4)18-15(17-13)12-6-5-10-8-16-9-11(10)7-12/h5-9H,1-4H3. The van der Waals surface area contributed by atoms with Gasteiger partial charge in [0.1, 0.15) is 0 Å². The molecule has 1 saturated heterocycles. The Balaban J connectivity index is 1.96. The molecule has 0 atom stereocenters. The fourth-order valence-electron chi connectivity index (χ4n) is 2.11. The summed E-state index contributed by atoms with van der Waals surface area (Å²) in [6.45, 7) is 8.24. The van der Waals surface area contributed by atoms with Crippen LogP contribution in [0.1, 0.15) is 27.7 Å². The number of rotatable bonds is 1. The van der Waals surface area contributed by atoms with Crippen molar-refractivity contribution in [2.45, 2.75) is 38.9 Å². The largest absolute Gasteiger partial charge is 0.494 e. The fraction of sp³-hybridized carbons (Fsp3) is 0.429. The second-order valence-electron chi connectivity index (χ2n) is 5.85. The molecule has 2 heterocycles. The molecule has 0 aliphatic carbocycles. The number of benzene rings is 1. The Morgan fingerprint density at radius 3 is 2.17 bits per heavy atom. The number of hydrogen-bond donors (Lipinski definition) is 0. The van der Waals surface area contributed by atoms with Crippen molar-refractivity contribution in [1.29, 1.82) is 0 Å². The van der Waals surface area contributed by atoms with Crippen molar-refractivity contribution in [2.24, 2.45) is 0 Å². The van der Waals surface area contributed by atoms with Gasteiger partial charge in [-0.2, -0.15) is 0 Å². The summed E-state index contributed by atoms with van der Waals surface area (Å²) in [7, 11) is -0.311. The van der Waals surface area contributed by atoms with Gasteiger partial charge in [-0.25, -0.2) is 0 Å². The van der Waals surface area contributed by atoms with Crippen molar-refractivity contribution in [3.63, 3.8) is 0 Å². The Hall–Kier alpha value is -1.26. The zero-order valence-corrected chi connectivity index (χ0v) is 11.2. The van der Waals surface area contributed by atoms with Crippen LogP contribution in [0.5, 0.6) is 0 Å². The molecule has 1 aromatic carbocycles. The predicted molar refractivity (Wildman–Crippen MR) is 71.9 cm³/mol. The van der Waals surface area contributed by atoms with Crippen molar-refractivity contribution in [3.8, 4) is 0 Å². The molecule has 3 rings (SSSR count). The van der Waals surface area contributed by atoms with E-state index in [1.165, 1.54) is 0 Å². The number of furan rings is 1. The minimum absolute atomic E-state index is 0.303. The molecule has 1 aliphatic rings. The van der Waals surface area contributed by atoms with Crippen molar-refractivity contribution in [2.75, 3.05) is 0 Å². The van der Waals surface area contributed by atoms with Gasteiger partial charge in [-0.15, -0.1) is 0 Å². The summed E-state index contributed by atoms with van der Waals surface area (Å²) in [5, 5.41) is 2.16. The summed E-state index contributed by atoms with van der Waals surface area (Å²) >= 11 is 0. The van der Waals surface area contributed by atoms with Gasteiger partial charge in [-0.05, 0) is 33.2 Å². The summed E-state index contributed by atoms with van der Waals surface area (Å²) in [5.74, 6) is 0. The van der Waals surface area contributed by atoms with E-state index in [2.05, 4.69) is 33.8 Å². The third kappa shape index (κ3) is 1.68. The highest BCUT2D eigenvalue weighted by atomic mass is 16.7. The predicted octanol–water partition coefficient (Wildman–Crippen LogP) is 2.73. The lowest BCUT2D eigenvalue weighted by molar-refractivity contribution is 0.00578.